The van der Waals surface area contributed by atoms with Crippen LogP contribution in [-0.2, 0) is 0 Å². The smallest absolute Gasteiger partial charge is 0.319 e. The number of urea groups is 1. The van der Waals surface area contributed by atoms with Crippen LogP contribution in [0.2, 0.25) is 0 Å². The molecule has 4 nitrogen and oxygen atoms in total. The van der Waals surface area contributed by atoms with Crippen molar-refractivity contribution in [3.63, 3.8) is 0 Å². The lowest BCUT2D eigenvalue weighted by Crippen LogP contribution is -2.44. The molecule has 1 fully saturated rings. The van der Waals surface area contributed by atoms with Gasteiger partial charge in [0, 0.05) is 10.5 Å². The molecule has 1 aromatic rings. The van der Waals surface area contributed by atoms with Crippen LogP contribution in [0.3, 0.4) is 0 Å². The third-order valence-electron chi connectivity index (χ3n) is 3.23. The summed E-state index contributed by atoms with van der Waals surface area (Å²) in [6.45, 7) is 1.94. The molecule has 2 N–H and O–H groups in total. The van der Waals surface area contributed by atoms with E-state index in [9.17, 15) is 9.18 Å². The first-order valence-corrected chi connectivity index (χ1v) is 7.05. The quantitative estimate of drug-likeness (QED) is 0.876. The zero-order valence-corrected chi connectivity index (χ0v) is 12.3. The Morgan fingerprint density at radius 1 is 1.42 bits per heavy atom. The third kappa shape index (κ3) is 4.18. The Morgan fingerprint density at radius 2 is 2.11 bits per heavy atom. The first kappa shape index (κ1) is 14.3. The fourth-order valence-electron chi connectivity index (χ4n) is 2.09. The van der Waals surface area contributed by atoms with E-state index in [1.807, 2.05) is 0 Å². The molecule has 104 valence electrons. The molecular weight excluding hydrogens is 313 g/mol. The Labute approximate surface area is 120 Å². The number of carbonyl (C=O) groups is 1. The number of likely N-dealkylation sites (tertiary alicyclic amines) is 1. The molecule has 0 saturated carbocycles. The second kappa shape index (κ2) is 6.34. The molecule has 1 aromatic carbocycles. The zero-order valence-electron chi connectivity index (χ0n) is 10.7. The summed E-state index contributed by atoms with van der Waals surface area (Å²) in [6.07, 6.45) is 1.85. The van der Waals surface area contributed by atoms with E-state index in [2.05, 4.69) is 38.5 Å². The van der Waals surface area contributed by atoms with Gasteiger partial charge in [-0.2, -0.15) is 0 Å². The van der Waals surface area contributed by atoms with E-state index in [-0.39, 0.29) is 17.8 Å². The molecule has 1 heterocycles. The summed E-state index contributed by atoms with van der Waals surface area (Å²) >= 11 is 3.17. The Hall–Kier alpha value is -1.14. The Bertz CT molecular complexity index is 461. The monoisotopic (exact) mass is 329 g/mol. The summed E-state index contributed by atoms with van der Waals surface area (Å²) in [5, 5.41) is 5.41. The molecule has 0 atom stereocenters. The molecule has 6 heteroatoms. The van der Waals surface area contributed by atoms with Crippen molar-refractivity contribution < 1.29 is 9.18 Å². The number of hydrogen-bond acceptors (Lipinski definition) is 2. The van der Waals surface area contributed by atoms with Gasteiger partial charge < -0.3 is 15.5 Å². The van der Waals surface area contributed by atoms with Crippen LogP contribution in [0, 0.1) is 5.82 Å². The van der Waals surface area contributed by atoms with Crippen molar-refractivity contribution in [2.24, 2.45) is 0 Å². The molecule has 1 aliphatic heterocycles. The second-order valence-corrected chi connectivity index (χ2v) is 5.72. The van der Waals surface area contributed by atoms with Crippen molar-refractivity contribution >= 4 is 27.6 Å². The van der Waals surface area contributed by atoms with Gasteiger partial charge in [0.2, 0.25) is 0 Å². The van der Waals surface area contributed by atoms with Crippen molar-refractivity contribution in [2.45, 2.75) is 18.9 Å². The van der Waals surface area contributed by atoms with E-state index in [4.69, 9.17) is 0 Å². The van der Waals surface area contributed by atoms with Gasteiger partial charge in [-0.15, -0.1) is 0 Å². The molecule has 1 saturated heterocycles. The molecule has 2 amide bonds. The Kier molecular flexibility index (Phi) is 4.76. The maximum Gasteiger partial charge on any atom is 0.319 e. The van der Waals surface area contributed by atoms with Gasteiger partial charge in [0.15, 0.2) is 0 Å². The van der Waals surface area contributed by atoms with Crippen LogP contribution in [0.5, 0.6) is 0 Å². The average molecular weight is 330 g/mol. The highest BCUT2D eigenvalue weighted by Crippen LogP contribution is 2.19. The number of benzene rings is 1. The van der Waals surface area contributed by atoms with Crippen LogP contribution in [-0.4, -0.2) is 37.1 Å². The molecule has 0 spiro atoms. The molecule has 0 bridgehead atoms. The maximum atomic E-state index is 13.6. The van der Waals surface area contributed by atoms with Gasteiger partial charge in [0.1, 0.15) is 5.82 Å². The Morgan fingerprint density at radius 3 is 2.74 bits per heavy atom. The Balaban J connectivity index is 1.87. The lowest BCUT2D eigenvalue weighted by atomic mass is 10.1. The molecule has 0 aliphatic carbocycles. The van der Waals surface area contributed by atoms with Crippen LogP contribution in [0.4, 0.5) is 14.9 Å². The molecule has 0 unspecified atom stereocenters. The molecule has 0 radical (unpaired) electrons. The largest absolute Gasteiger partial charge is 0.335 e. The summed E-state index contributed by atoms with van der Waals surface area (Å²) in [5.74, 6) is -0.451. The number of piperidine rings is 1. The highest BCUT2D eigenvalue weighted by atomic mass is 79.9. The normalized spacial score (nSPS) is 17.2. The van der Waals surface area contributed by atoms with Crippen LogP contribution >= 0.6 is 15.9 Å². The number of rotatable bonds is 2. The molecule has 1 aliphatic rings. The van der Waals surface area contributed by atoms with Gasteiger partial charge in [-0.05, 0) is 51.2 Å². The van der Waals surface area contributed by atoms with Gasteiger partial charge in [-0.25, -0.2) is 9.18 Å². The van der Waals surface area contributed by atoms with Crippen LogP contribution < -0.4 is 10.6 Å². The van der Waals surface area contributed by atoms with Crippen molar-refractivity contribution in [1.82, 2.24) is 10.2 Å². The van der Waals surface area contributed by atoms with Gasteiger partial charge in [-0.3, -0.25) is 0 Å². The number of nitrogens with zero attached hydrogens (tertiary/aromatic N) is 1. The van der Waals surface area contributed by atoms with E-state index in [0.717, 1.165) is 25.9 Å². The van der Waals surface area contributed by atoms with Crippen molar-refractivity contribution in [1.29, 1.82) is 0 Å². The number of anilines is 1. The zero-order chi connectivity index (χ0) is 13.8. The molecule has 19 heavy (non-hydrogen) atoms. The number of amides is 2. The fourth-order valence-corrected chi connectivity index (χ4v) is 2.42. The van der Waals surface area contributed by atoms with Crippen molar-refractivity contribution in [2.75, 3.05) is 25.5 Å². The minimum absolute atomic E-state index is 0.162. The van der Waals surface area contributed by atoms with E-state index < -0.39 is 5.82 Å². The van der Waals surface area contributed by atoms with Crippen LogP contribution in [0.15, 0.2) is 22.7 Å². The minimum atomic E-state index is -0.451. The van der Waals surface area contributed by atoms with Crippen molar-refractivity contribution in [3.8, 4) is 0 Å². The van der Waals surface area contributed by atoms with Crippen LogP contribution in [0.25, 0.3) is 0 Å². The van der Waals surface area contributed by atoms with Crippen molar-refractivity contribution in [3.05, 3.63) is 28.5 Å². The highest BCUT2D eigenvalue weighted by molar-refractivity contribution is 9.10. The number of halogens is 2. The summed E-state index contributed by atoms with van der Waals surface area (Å²) < 4.78 is 14.2. The summed E-state index contributed by atoms with van der Waals surface area (Å²) in [7, 11) is 2.06. The maximum absolute atomic E-state index is 13.6. The second-order valence-electron chi connectivity index (χ2n) is 4.80. The number of hydrogen-bond donors (Lipinski definition) is 2. The van der Waals surface area contributed by atoms with E-state index >= 15 is 0 Å². The average Bonchev–Trinajstić information content (AvgIpc) is 2.36. The van der Waals surface area contributed by atoms with Crippen LogP contribution in [0.1, 0.15) is 12.8 Å². The lowest BCUT2D eigenvalue weighted by Gasteiger charge is -2.29. The predicted octanol–water partition coefficient (Wildman–Crippen LogP) is 2.80. The van der Waals surface area contributed by atoms with Gasteiger partial charge in [0.25, 0.3) is 0 Å². The summed E-state index contributed by atoms with van der Waals surface area (Å²) in [6, 6.07) is 4.36. The first-order chi connectivity index (χ1) is 9.04. The van der Waals surface area contributed by atoms with Gasteiger partial charge in [-0.1, -0.05) is 15.9 Å². The van der Waals surface area contributed by atoms with Gasteiger partial charge >= 0.3 is 6.03 Å². The SMILES string of the molecule is CN1CCC(NC(=O)Nc2ccc(Br)cc2F)CC1. The predicted molar refractivity (Wildman–Crippen MR) is 76.8 cm³/mol. The molecular formula is C13H17BrFN3O. The highest BCUT2D eigenvalue weighted by Gasteiger charge is 2.18. The lowest BCUT2D eigenvalue weighted by molar-refractivity contribution is 0.221. The molecule has 2 rings (SSSR count). The fraction of sp³-hybridized carbons (Fsp3) is 0.462. The minimum Gasteiger partial charge on any atom is -0.335 e. The van der Waals surface area contributed by atoms with E-state index in [0.29, 0.717) is 4.47 Å². The van der Waals surface area contributed by atoms with E-state index in [1.54, 1.807) is 6.07 Å². The number of carbonyl (C=O) groups excluding carboxylic acids is 1. The number of nitrogens with one attached hydrogen (secondary N) is 2. The van der Waals surface area contributed by atoms with E-state index in [1.165, 1.54) is 12.1 Å². The standard InChI is InChI=1S/C13H17BrFN3O/c1-18-6-4-10(5-7-18)16-13(19)17-12-3-2-9(14)8-11(12)15/h2-3,8,10H,4-7H2,1H3,(H2,16,17,19). The summed E-state index contributed by atoms with van der Waals surface area (Å²) in [5.41, 5.74) is 0.189. The topological polar surface area (TPSA) is 44.4 Å². The third-order valence-corrected chi connectivity index (χ3v) is 3.73. The summed E-state index contributed by atoms with van der Waals surface area (Å²) in [4.78, 5) is 14.0. The first-order valence-electron chi connectivity index (χ1n) is 6.25. The molecule has 0 aromatic heterocycles. The van der Waals surface area contributed by atoms with Gasteiger partial charge in [0.05, 0.1) is 5.69 Å².